The predicted molar refractivity (Wildman–Crippen MR) is 58.9 cm³/mol. The highest BCUT2D eigenvalue weighted by molar-refractivity contribution is 5.88. The molecule has 0 spiro atoms. The summed E-state index contributed by atoms with van der Waals surface area (Å²) in [6.45, 7) is 2.91. The van der Waals surface area contributed by atoms with Gasteiger partial charge in [0, 0.05) is 11.8 Å². The number of carbonyl (C=O) groups is 1. The van der Waals surface area contributed by atoms with E-state index in [2.05, 4.69) is 11.8 Å². The first-order valence-electron chi connectivity index (χ1n) is 5.64. The van der Waals surface area contributed by atoms with Gasteiger partial charge in [-0.3, -0.25) is 0 Å². The predicted octanol–water partition coefficient (Wildman–Crippen LogP) is 1.32. The summed E-state index contributed by atoms with van der Waals surface area (Å²) in [5.74, 6) is 6.04. The maximum atomic E-state index is 11.0. The molecule has 84 valence electrons. The van der Waals surface area contributed by atoms with E-state index in [1.54, 1.807) is 6.92 Å². The molecule has 2 atom stereocenters. The summed E-state index contributed by atoms with van der Waals surface area (Å²) in [6.07, 6.45) is 4.49. The Kier molecular flexibility index (Phi) is 5.20. The lowest BCUT2D eigenvalue weighted by atomic mass is 9.82. The number of nitrogens with two attached hydrogens (primary N) is 1. The van der Waals surface area contributed by atoms with Crippen molar-refractivity contribution in [1.29, 1.82) is 0 Å². The van der Waals surface area contributed by atoms with Gasteiger partial charge in [-0.2, -0.15) is 0 Å². The lowest BCUT2D eigenvalue weighted by molar-refractivity contribution is -0.136. The van der Waals surface area contributed by atoms with Gasteiger partial charge in [-0.15, -0.1) is 0 Å². The molecule has 1 aliphatic carbocycles. The molecule has 0 bridgehead atoms. The van der Waals surface area contributed by atoms with Gasteiger partial charge in [0.2, 0.25) is 0 Å². The van der Waals surface area contributed by atoms with E-state index in [9.17, 15) is 4.79 Å². The Morgan fingerprint density at radius 2 is 2.33 bits per heavy atom. The van der Waals surface area contributed by atoms with E-state index in [4.69, 9.17) is 10.5 Å². The standard InChI is InChI=1S/C12H19NO2/c1-2-15-12(14)7-6-10-4-3-5-11(8-10)9-13/h10-11H,2-5,8-9,13H2,1H3/t10-,11-/m0/s1. The highest BCUT2D eigenvalue weighted by atomic mass is 16.5. The third-order valence-electron chi connectivity index (χ3n) is 2.77. The van der Waals surface area contributed by atoms with Crippen LogP contribution in [-0.4, -0.2) is 19.1 Å². The lowest BCUT2D eigenvalue weighted by Crippen LogP contribution is -2.21. The van der Waals surface area contributed by atoms with Crippen LogP contribution in [0.25, 0.3) is 0 Å². The molecule has 0 aromatic carbocycles. The van der Waals surface area contributed by atoms with E-state index in [1.165, 1.54) is 12.8 Å². The van der Waals surface area contributed by atoms with Crippen LogP contribution in [0.3, 0.4) is 0 Å². The summed E-state index contributed by atoms with van der Waals surface area (Å²) in [4.78, 5) is 11.0. The fourth-order valence-corrected chi connectivity index (χ4v) is 1.96. The van der Waals surface area contributed by atoms with Crippen LogP contribution in [0.4, 0.5) is 0 Å². The Hall–Kier alpha value is -1.01. The number of hydrogen-bond acceptors (Lipinski definition) is 3. The van der Waals surface area contributed by atoms with Gasteiger partial charge in [0.15, 0.2) is 0 Å². The zero-order valence-corrected chi connectivity index (χ0v) is 9.29. The molecule has 1 rings (SSSR count). The van der Waals surface area contributed by atoms with E-state index in [0.29, 0.717) is 18.4 Å². The van der Waals surface area contributed by atoms with E-state index < -0.39 is 5.97 Å². The summed E-state index contributed by atoms with van der Waals surface area (Å²) in [5, 5.41) is 0. The number of carbonyl (C=O) groups excluding carboxylic acids is 1. The molecule has 0 unspecified atom stereocenters. The Morgan fingerprint density at radius 1 is 1.53 bits per heavy atom. The van der Waals surface area contributed by atoms with Gasteiger partial charge >= 0.3 is 5.97 Å². The fourth-order valence-electron chi connectivity index (χ4n) is 1.96. The van der Waals surface area contributed by atoms with Crippen LogP contribution in [0.5, 0.6) is 0 Å². The van der Waals surface area contributed by atoms with E-state index >= 15 is 0 Å². The summed E-state index contributed by atoms with van der Waals surface area (Å²) in [6, 6.07) is 0. The zero-order valence-electron chi connectivity index (χ0n) is 9.29. The van der Waals surface area contributed by atoms with E-state index in [1.807, 2.05) is 0 Å². The highest BCUT2D eigenvalue weighted by Gasteiger charge is 2.19. The van der Waals surface area contributed by atoms with Crippen LogP contribution >= 0.6 is 0 Å². The maximum Gasteiger partial charge on any atom is 0.384 e. The molecule has 3 heteroatoms. The van der Waals surface area contributed by atoms with Crippen LogP contribution in [-0.2, 0) is 9.53 Å². The molecule has 2 N–H and O–H groups in total. The van der Waals surface area contributed by atoms with Crippen LogP contribution in [0, 0.1) is 23.7 Å². The molecule has 1 fully saturated rings. The summed E-state index contributed by atoms with van der Waals surface area (Å²) in [7, 11) is 0. The Bertz CT molecular complexity index is 265. The lowest BCUT2D eigenvalue weighted by Gasteiger charge is -2.24. The molecule has 0 radical (unpaired) electrons. The Morgan fingerprint density at radius 3 is 3.00 bits per heavy atom. The molecule has 0 aliphatic heterocycles. The minimum Gasteiger partial charge on any atom is -0.456 e. The second-order valence-electron chi connectivity index (χ2n) is 3.96. The van der Waals surface area contributed by atoms with Crippen molar-refractivity contribution in [3.8, 4) is 11.8 Å². The molecule has 1 aliphatic rings. The summed E-state index contributed by atoms with van der Waals surface area (Å²) < 4.78 is 4.75. The average Bonchev–Trinajstić information content (AvgIpc) is 2.27. The second kappa shape index (κ2) is 6.47. The normalized spacial score (nSPS) is 25.2. The highest BCUT2D eigenvalue weighted by Crippen LogP contribution is 2.27. The summed E-state index contributed by atoms with van der Waals surface area (Å²) >= 11 is 0. The molecule has 15 heavy (non-hydrogen) atoms. The third-order valence-corrected chi connectivity index (χ3v) is 2.77. The van der Waals surface area contributed by atoms with Crippen molar-refractivity contribution in [3.63, 3.8) is 0 Å². The molecule has 0 aromatic heterocycles. The van der Waals surface area contributed by atoms with E-state index in [0.717, 1.165) is 19.4 Å². The largest absolute Gasteiger partial charge is 0.456 e. The topological polar surface area (TPSA) is 52.3 Å². The molecule has 0 aromatic rings. The Balaban J connectivity index is 2.39. The molecular formula is C12H19NO2. The van der Waals surface area contributed by atoms with Crippen LogP contribution in [0.15, 0.2) is 0 Å². The van der Waals surface area contributed by atoms with Crippen molar-refractivity contribution >= 4 is 5.97 Å². The SMILES string of the molecule is CCOC(=O)C#C[C@@H]1CCC[C@H](CN)C1. The summed E-state index contributed by atoms with van der Waals surface area (Å²) in [5.41, 5.74) is 5.63. The number of ether oxygens (including phenoxy) is 1. The number of hydrogen-bond donors (Lipinski definition) is 1. The average molecular weight is 209 g/mol. The van der Waals surface area contributed by atoms with Crippen molar-refractivity contribution < 1.29 is 9.53 Å². The number of rotatable bonds is 2. The van der Waals surface area contributed by atoms with Crippen molar-refractivity contribution in [2.24, 2.45) is 17.6 Å². The van der Waals surface area contributed by atoms with Crippen LogP contribution in [0.1, 0.15) is 32.6 Å². The number of esters is 1. The second-order valence-corrected chi connectivity index (χ2v) is 3.96. The Labute approximate surface area is 91.4 Å². The van der Waals surface area contributed by atoms with Crippen molar-refractivity contribution in [2.45, 2.75) is 32.6 Å². The first-order chi connectivity index (χ1) is 7.26. The molecule has 0 saturated heterocycles. The molecular weight excluding hydrogens is 190 g/mol. The zero-order chi connectivity index (χ0) is 11.1. The van der Waals surface area contributed by atoms with E-state index in [-0.39, 0.29) is 0 Å². The van der Waals surface area contributed by atoms with Crippen molar-refractivity contribution in [1.82, 2.24) is 0 Å². The van der Waals surface area contributed by atoms with Crippen molar-refractivity contribution in [2.75, 3.05) is 13.2 Å². The van der Waals surface area contributed by atoms with Gasteiger partial charge in [0.25, 0.3) is 0 Å². The minimum atomic E-state index is -0.410. The molecule has 1 saturated carbocycles. The molecule has 3 nitrogen and oxygen atoms in total. The monoisotopic (exact) mass is 209 g/mol. The van der Waals surface area contributed by atoms with Crippen LogP contribution < -0.4 is 5.73 Å². The smallest absolute Gasteiger partial charge is 0.384 e. The van der Waals surface area contributed by atoms with Gasteiger partial charge in [0.1, 0.15) is 0 Å². The van der Waals surface area contributed by atoms with Gasteiger partial charge in [0.05, 0.1) is 6.61 Å². The van der Waals surface area contributed by atoms with Gasteiger partial charge in [-0.05, 0) is 38.6 Å². The quantitative estimate of drug-likeness (QED) is 0.424. The third kappa shape index (κ3) is 4.35. The molecule has 0 heterocycles. The minimum absolute atomic E-state index is 0.330. The van der Waals surface area contributed by atoms with Gasteiger partial charge in [-0.1, -0.05) is 12.3 Å². The first-order valence-corrected chi connectivity index (χ1v) is 5.64. The first kappa shape index (κ1) is 12.1. The molecule has 0 amide bonds. The fraction of sp³-hybridized carbons (Fsp3) is 0.750. The maximum absolute atomic E-state index is 11.0. The van der Waals surface area contributed by atoms with Crippen molar-refractivity contribution in [3.05, 3.63) is 0 Å². The van der Waals surface area contributed by atoms with Gasteiger partial charge in [-0.25, -0.2) is 4.79 Å². The van der Waals surface area contributed by atoms with Crippen LogP contribution in [0.2, 0.25) is 0 Å². The van der Waals surface area contributed by atoms with Gasteiger partial charge < -0.3 is 10.5 Å².